The number of nitrogens with zero attached hydrogens (tertiary/aromatic N) is 3. The number of carbonyl (C=O) groups is 2. The number of amides is 1. The monoisotopic (exact) mass is 563 g/mol. The summed E-state index contributed by atoms with van der Waals surface area (Å²) >= 11 is 6.06. The highest BCUT2D eigenvalue weighted by Gasteiger charge is 2.41. The van der Waals surface area contributed by atoms with Crippen molar-refractivity contribution in [3.63, 3.8) is 0 Å². The zero-order valence-electron chi connectivity index (χ0n) is 21.2. The molecule has 0 radical (unpaired) electrons. The van der Waals surface area contributed by atoms with Gasteiger partial charge in [-0.1, -0.05) is 35.9 Å². The van der Waals surface area contributed by atoms with Crippen molar-refractivity contribution in [2.24, 2.45) is 0 Å². The Labute approximate surface area is 231 Å². The van der Waals surface area contributed by atoms with Crippen LogP contribution in [-0.4, -0.2) is 66.8 Å². The molecule has 4 aromatic rings. The standard InChI is InChI=1S/C29H26ClN3O5S/c1-2-38-29(35)27-19-32(39(36,37)26-10-8-23-17-25(30)9-7-24(23)18-26)15-16-33(27)28(34)22-5-3-20(4-6-22)21-11-13-31-14-12-21/h3-14,17-18,27H,2,15-16,19H2,1H3. The summed E-state index contributed by atoms with van der Waals surface area (Å²) in [5.41, 5.74) is 2.28. The molecule has 3 aromatic carbocycles. The number of hydrogen-bond donors (Lipinski definition) is 0. The minimum Gasteiger partial charge on any atom is -0.464 e. The zero-order valence-corrected chi connectivity index (χ0v) is 22.7. The first kappa shape index (κ1) is 26.8. The highest BCUT2D eigenvalue weighted by Crippen LogP contribution is 2.27. The second-order valence-corrected chi connectivity index (χ2v) is 11.5. The van der Waals surface area contributed by atoms with Crippen LogP contribution in [0.25, 0.3) is 21.9 Å². The van der Waals surface area contributed by atoms with E-state index in [1.165, 1.54) is 15.3 Å². The smallest absolute Gasteiger partial charge is 0.330 e. The fourth-order valence-electron chi connectivity index (χ4n) is 4.68. The fraction of sp³-hybridized carbons (Fsp3) is 0.207. The first-order valence-electron chi connectivity index (χ1n) is 12.5. The first-order valence-corrected chi connectivity index (χ1v) is 14.3. The molecule has 1 aliphatic rings. The Morgan fingerprint density at radius 2 is 1.59 bits per heavy atom. The van der Waals surface area contributed by atoms with Gasteiger partial charge < -0.3 is 9.64 Å². The predicted octanol–water partition coefficient (Wildman–Crippen LogP) is 4.63. The van der Waals surface area contributed by atoms with Gasteiger partial charge in [0.25, 0.3) is 5.91 Å². The van der Waals surface area contributed by atoms with Gasteiger partial charge >= 0.3 is 5.97 Å². The molecule has 1 fully saturated rings. The summed E-state index contributed by atoms with van der Waals surface area (Å²) in [6.07, 6.45) is 3.39. The number of halogens is 1. The lowest BCUT2D eigenvalue weighted by atomic mass is 10.0. The van der Waals surface area contributed by atoms with Crippen molar-refractivity contribution < 1.29 is 22.7 Å². The van der Waals surface area contributed by atoms with Gasteiger partial charge in [-0.05, 0) is 77.4 Å². The van der Waals surface area contributed by atoms with Crippen molar-refractivity contribution in [1.29, 1.82) is 0 Å². The number of fused-ring (bicyclic) bond motifs is 1. The van der Waals surface area contributed by atoms with Gasteiger partial charge in [-0.25, -0.2) is 13.2 Å². The maximum atomic E-state index is 13.6. The maximum absolute atomic E-state index is 13.6. The summed E-state index contributed by atoms with van der Waals surface area (Å²) in [6.45, 7) is 1.65. The van der Waals surface area contributed by atoms with Crippen LogP contribution in [0, 0.1) is 0 Å². The van der Waals surface area contributed by atoms with Crippen LogP contribution < -0.4 is 0 Å². The van der Waals surface area contributed by atoms with Crippen molar-refractivity contribution in [1.82, 2.24) is 14.2 Å². The third-order valence-corrected chi connectivity index (χ3v) is 8.82. The summed E-state index contributed by atoms with van der Waals surface area (Å²) in [7, 11) is -3.95. The van der Waals surface area contributed by atoms with Crippen molar-refractivity contribution in [2.45, 2.75) is 17.9 Å². The summed E-state index contributed by atoms with van der Waals surface area (Å²) in [6, 6.07) is 19.7. The van der Waals surface area contributed by atoms with Crippen LogP contribution in [0.15, 0.2) is 90.1 Å². The number of hydrogen-bond acceptors (Lipinski definition) is 6. The number of ether oxygens (including phenoxy) is 1. The maximum Gasteiger partial charge on any atom is 0.330 e. The Hall–Kier alpha value is -3.79. The van der Waals surface area contributed by atoms with Crippen LogP contribution in [0.5, 0.6) is 0 Å². The van der Waals surface area contributed by atoms with Gasteiger partial charge in [0.1, 0.15) is 6.04 Å². The Balaban J connectivity index is 1.39. The lowest BCUT2D eigenvalue weighted by Crippen LogP contribution is -2.59. The Bertz CT molecular complexity index is 1630. The van der Waals surface area contributed by atoms with Gasteiger partial charge in [0.15, 0.2) is 0 Å². The number of carbonyl (C=O) groups excluding carboxylic acids is 2. The van der Waals surface area contributed by atoms with E-state index in [1.54, 1.807) is 61.8 Å². The van der Waals surface area contributed by atoms with Crippen LogP contribution in [0.1, 0.15) is 17.3 Å². The first-order chi connectivity index (χ1) is 18.8. The normalized spacial score (nSPS) is 16.3. The van der Waals surface area contributed by atoms with Crippen LogP contribution >= 0.6 is 11.6 Å². The van der Waals surface area contributed by atoms with E-state index in [2.05, 4.69) is 4.98 Å². The molecule has 0 aliphatic carbocycles. The van der Waals surface area contributed by atoms with Gasteiger partial charge in [-0.15, -0.1) is 0 Å². The predicted molar refractivity (Wildman–Crippen MR) is 149 cm³/mol. The van der Waals surface area contributed by atoms with Crippen molar-refractivity contribution in [2.75, 3.05) is 26.2 Å². The largest absolute Gasteiger partial charge is 0.464 e. The molecular weight excluding hydrogens is 538 g/mol. The molecule has 2 heterocycles. The van der Waals surface area contributed by atoms with Crippen LogP contribution in [0.2, 0.25) is 5.02 Å². The molecule has 1 aliphatic heterocycles. The van der Waals surface area contributed by atoms with Crippen molar-refractivity contribution in [3.05, 3.63) is 95.8 Å². The van der Waals surface area contributed by atoms with Gasteiger partial charge in [0, 0.05) is 42.6 Å². The number of sulfonamides is 1. The van der Waals surface area contributed by atoms with Crippen LogP contribution in [-0.2, 0) is 19.6 Å². The number of benzene rings is 3. The highest BCUT2D eigenvalue weighted by atomic mass is 35.5. The summed E-state index contributed by atoms with van der Waals surface area (Å²) in [4.78, 5) is 32.0. The molecule has 1 aromatic heterocycles. The average molecular weight is 564 g/mol. The number of aromatic nitrogens is 1. The fourth-order valence-corrected chi connectivity index (χ4v) is 6.33. The molecule has 10 heteroatoms. The quantitative estimate of drug-likeness (QED) is 0.317. The number of piperazine rings is 1. The van der Waals surface area contributed by atoms with E-state index >= 15 is 0 Å². The zero-order chi connectivity index (χ0) is 27.6. The second kappa shape index (κ2) is 11.1. The van der Waals surface area contributed by atoms with E-state index < -0.39 is 22.0 Å². The van der Waals surface area contributed by atoms with Crippen LogP contribution in [0.3, 0.4) is 0 Å². The van der Waals surface area contributed by atoms with Crippen LogP contribution in [0.4, 0.5) is 0 Å². The molecule has 39 heavy (non-hydrogen) atoms. The molecule has 1 saturated heterocycles. The lowest BCUT2D eigenvalue weighted by molar-refractivity contribution is -0.149. The molecule has 0 saturated carbocycles. The summed E-state index contributed by atoms with van der Waals surface area (Å²) in [5.74, 6) is -1.01. The number of pyridine rings is 1. The van der Waals surface area contributed by atoms with E-state index in [4.69, 9.17) is 16.3 Å². The molecule has 0 bridgehead atoms. The Morgan fingerprint density at radius 1 is 0.923 bits per heavy atom. The molecular formula is C29H26ClN3O5S. The van der Waals surface area contributed by atoms with E-state index in [9.17, 15) is 18.0 Å². The molecule has 1 atom stereocenters. The van der Waals surface area contributed by atoms with E-state index in [-0.39, 0.29) is 37.0 Å². The van der Waals surface area contributed by atoms with E-state index in [0.717, 1.165) is 21.9 Å². The third-order valence-electron chi connectivity index (χ3n) is 6.72. The molecule has 8 nitrogen and oxygen atoms in total. The molecule has 0 spiro atoms. The molecule has 1 unspecified atom stereocenters. The molecule has 0 N–H and O–H groups in total. The Morgan fingerprint density at radius 3 is 2.31 bits per heavy atom. The van der Waals surface area contributed by atoms with Gasteiger partial charge in [0.2, 0.25) is 10.0 Å². The summed E-state index contributed by atoms with van der Waals surface area (Å²) in [5, 5.41) is 2.10. The Kier molecular flexibility index (Phi) is 7.65. The van der Waals surface area contributed by atoms with Crippen molar-refractivity contribution >= 4 is 44.3 Å². The third kappa shape index (κ3) is 5.52. The summed E-state index contributed by atoms with van der Waals surface area (Å²) < 4.78 is 33.6. The van der Waals surface area contributed by atoms with E-state index in [0.29, 0.717) is 10.6 Å². The topological polar surface area (TPSA) is 96.9 Å². The minimum atomic E-state index is -3.95. The minimum absolute atomic E-state index is 0.0385. The van der Waals surface area contributed by atoms with E-state index in [1.807, 2.05) is 24.3 Å². The average Bonchev–Trinajstić information content (AvgIpc) is 2.96. The number of rotatable bonds is 6. The van der Waals surface area contributed by atoms with Gasteiger partial charge in [0.05, 0.1) is 11.5 Å². The molecule has 5 rings (SSSR count). The van der Waals surface area contributed by atoms with Gasteiger partial charge in [-0.2, -0.15) is 4.31 Å². The van der Waals surface area contributed by atoms with Crippen molar-refractivity contribution in [3.8, 4) is 11.1 Å². The second-order valence-electron chi connectivity index (χ2n) is 9.10. The van der Waals surface area contributed by atoms with Gasteiger partial charge in [-0.3, -0.25) is 9.78 Å². The highest BCUT2D eigenvalue weighted by molar-refractivity contribution is 7.89. The lowest BCUT2D eigenvalue weighted by Gasteiger charge is -2.39. The molecule has 200 valence electrons. The number of esters is 1. The SMILES string of the molecule is CCOC(=O)C1CN(S(=O)(=O)c2ccc3cc(Cl)ccc3c2)CCN1C(=O)c1ccc(-c2ccncc2)cc1. The molecule has 1 amide bonds.